The Balaban J connectivity index is 1.62. The molecule has 2 aromatic rings. The van der Waals surface area contributed by atoms with E-state index < -0.39 is 36.4 Å². The van der Waals surface area contributed by atoms with Crippen molar-refractivity contribution in [2.75, 3.05) is 18.8 Å². The number of quaternary nitrogens is 1. The van der Waals surface area contributed by atoms with Gasteiger partial charge in [0.05, 0.1) is 23.1 Å². The molecule has 0 aliphatic carbocycles. The highest BCUT2D eigenvalue weighted by Crippen LogP contribution is 2.57. The number of benzene rings is 2. The Hall–Kier alpha value is -2.05. The molecule has 1 saturated heterocycles. The highest BCUT2D eigenvalue weighted by atomic mass is 35.5. The van der Waals surface area contributed by atoms with Crippen molar-refractivity contribution in [2.45, 2.75) is 69.6 Å². The van der Waals surface area contributed by atoms with Crippen molar-refractivity contribution < 1.29 is 30.5 Å². The summed E-state index contributed by atoms with van der Waals surface area (Å²) in [6.07, 6.45) is 7.77. The monoisotopic (exact) mass is 668 g/mol. The first-order valence-corrected chi connectivity index (χ1v) is 18.2. The molecule has 2 unspecified atom stereocenters. The molecule has 12 heteroatoms. The quantitative estimate of drug-likeness (QED) is 0.139. The molecular weight excluding hydrogens is 631 g/mol. The van der Waals surface area contributed by atoms with Crippen LogP contribution in [0.5, 0.6) is 0 Å². The lowest BCUT2D eigenvalue weighted by molar-refractivity contribution is -0.438. The maximum atomic E-state index is 12.8. The molecule has 232 valence electrons. The SMILES string of the molecule is CC1(C)C(C=C/C=C2\C(C)(C)c3cc(Cl)ccc3[N+]23CCCC3S(=O)(=O)O)=[N+](CCCCS(=O)(=O)O)c2ccc(Cl)cc21. The van der Waals surface area contributed by atoms with Crippen LogP contribution in [0.1, 0.15) is 64.5 Å². The number of fused-ring (bicyclic) bond motifs is 3. The van der Waals surface area contributed by atoms with Crippen molar-refractivity contribution in [3.05, 3.63) is 81.5 Å². The molecule has 0 amide bonds. The summed E-state index contributed by atoms with van der Waals surface area (Å²) in [4.78, 5) is 0. The van der Waals surface area contributed by atoms with Crippen molar-refractivity contribution in [3.63, 3.8) is 0 Å². The van der Waals surface area contributed by atoms with Crippen LogP contribution in [0.3, 0.4) is 0 Å². The molecule has 1 fully saturated rings. The summed E-state index contributed by atoms with van der Waals surface area (Å²) >= 11 is 12.8. The molecule has 43 heavy (non-hydrogen) atoms. The lowest BCUT2D eigenvalue weighted by Gasteiger charge is -2.37. The van der Waals surface area contributed by atoms with Crippen molar-refractivity contribution >= 4 is 60.5 Å². The number of hydrogen-bond donors (Lipinski definition) is 2. The van der Waals surface area contributed by atoms with Crippen LogP contribution in [-0.2, 0) is 31.1 Å². The van der Waals surface area contributed by atoms with E-state index in [4.69, 9.17) is 23.2 Å². The van der Waals surface area contributed by atoms with Gasteiger partial charge in [-0.2, -0.15) is 21.4 Å². The summed E-state index contributed by atoms with van der Waals surface area (Å²) in [6.45, 7) is 9.39. The van der Waals surface area contributed by atoms with E-state index in [1.807, 2.05) is 48.6 Å². The average molecular weight is 670 g/mol. The van der Waals surface area contributed by atoms with Gasteiger partial charge in [-0.25, -0.2) is 4.48 Å². The molecule has 2 atom stereocenters. The maximum absolute atomic E-state index is 12.8. The Bertz CT molecular complexity index is 1800. The first-order valence-electron chi connectivity index (χ1n) is 14.3. The Labute approximate surface area is 264 Å². The summed E-state index contributed by atoms with van der Waals surface area (Å²) in [5.74, 6) is -0.302. The van der Waals surface area contributed by atoms with Gasteiger partial charge < -0.3 is 0 Å². The van der Waals surface area contributed by atoms with E-state index in [-0.39, 0.29) is 10.2 Å². The molecule has 1 spiro atoms. The van der Waals surface area contributed by atoms with Gasteiger partial charge in [0, 0.05) is 58.6 Å². The molecule has 8 nitrogen and oxygen atoms in total. The fourth-order valence-electron chi connectivity index (χ4n) is 7.45. The third-order valence-electron chi connectivity index (χ3n) is 9.33. The second-order valence-electron chi connectivity index (χ2n) is 12.7. The van der Waals surface area contributed by atoms with E-state index in [2.05, 4.69) is 32.3 Å². The van der Waals surface area contributed by atoms with Crippen molar-refractivity contribution in [1.29, 1.82) is 0 Å². The zero-order valence-corrected chi connectivity index (χ0v) is 27.9. The van der Waals surface area contributed by atoms with E-state index in [1.54, 1.807) is 6.07 Å². The van der Waals surface area contributed by atoms with E-state index >= 15 is 0 Å². The molecule has 2 aromatic carbocycles. The molecule has 0 aromatic heterocycles. The smallest absolute Gasteiger partial charge is 0.286 e. The second-order valence-corrected chi connectivity index (χ2v) is 16.7. The van der Waals surface area contributed by atoms with Crippen LogP contribution >= 0.6 is 23.2 Å². The van der Waals surface area contributed by atoms with E-state index in [0.29, 0.717) is 48.8 Å². The number of halogens is 2. The number of allylic oxidation sites excluding steroid dienone is 4. The third kappa shape index (κ3) is 5.65. The summed E-state index contributed by atoms with van der Waals surface area (Å²) < 4.78 is 69.9. The minimum atomic E-state index is -4.37. The van der Waals surface area contributed by atoms with E-state index in [0.717, 1.165) is 33.9 Å². The Morgan fingerprint density at radius 2 is 1.60 bits per heavy atom. The molecule has 0 radical (unpaired) electrons. The molecule has 5 rings (SSSR count). The topological polar surface area (TPSA) is 112 Å². The summed E-state index contributed by atoms with van der Waals surface area (Å²) in [5, 5.41) is 0.162. The van der Waals surface area contributed by atoms with E-state index in [9.17, 15) is 25.9 Å². The predicted molar refractivity (Wildman–Crippen MR) is 173 cm³/mol. The number of unbranched alkanes of at least 4 members (excludes halogenated alkanes) is 1. The van der Waals surface area contributed by atoms with Gasteiger partial charge in [0.25, 0.3) is 10.1 Å². The first kappa shape index (κ1) is 32.3. The van der Waals surface area contributed by atoms with Gasteiger partial charge in [0.2, 0.25) is 11.1 Å². The van der Waals surface area contributed by atoms with E-state index in [1.165, 1.54) is 0 Å². The van der Waals surface area contributed by atoms with Crippen molar-refractivity contribution in [1.82, 2.24) is 4.48 Å². The molecule has 2 N–H and O–H groups in total. The van der Waals surface area contributed by atoms with Crippen LogP contribution < -0.4 is 4.48 Å². The largest absolute Gasteiger partial charge is 0.320 e. The summed E-state index contributed by atoms with van der Waals surface area (Å²) in [7, 11) is -8.42. The molecule has 0 saturated carbocycles. The highest BCUT2D eigenvalue weighted by Gasteiger charge is 2.62. The van der Waals surface area contributed by atoms with Crippen LogP contribution in [0.2, 0.25) is 10.0 Å². The van der Waals surface area contributed by atoms with Crippen LogP contribution in [0.15, 0.2) is 60.3 Å². The highest BCUT2D eigenvalue weighted by molar-refractivity contribution is 7.86. The van der Waals surface area contributed by atoms with Crippen molar-refractivity contribution in [2.24, 2.45) is 0 Å². The van der Waals surface area contributed by atoms with Gasteiger partial charge >= 0.3 is 10.1 Å². The Morgan fingerprint density at radius 1 is 0.953 bits per heavy atom. The predicted octanol–water partition coefficient (Wildman–Crippen LogP) is 6.78. The van der Waals surface area contributed by atoms with Gasteiger partial charge in [0.1, 0.15) is 17.9 Å². The average Bonchev–Trinajstić information content (AvgIpc) is 3.47. The lowest BCUT2D eigenvalue weighted by Crippen LogP contribution is -2.55. The second kappa shape index (κ2) is 11.1. The lowest BCUT2D eigenvalue weighted by atomic mass is 9.81. The van der Waals surface area contributed by atoms with Crippen LogP contribution in [0.4, 0.5) is 11.4 Å². The maximum Gasteiger partial charge on any atom is 0.320 e. The summed E-state index contributed by atoms with van der Waals surface area (Å²) in [5.41, 5.74) is 4.63. The molecule has 3 aliphatic heterocycles. The van der Waals surface area contributed by atoms with Crippen molar-refractivity contribution in [3.8, 4) is 0 Å². The van der Waals surface area contributed by atoms with Crippen LogP contribution in [0.25, 0.3) is 0 Å². The molecule has 0 bridgehead atoms. The van der Waals surface area contributed by atoms with Gasteiger partial charge in [-0.3, -0.25) is 9.11 Å². The fourth-order valence-corrected chi connectivity index (χ4v) is 9.61. The first-order chi connectivity index (χ1) is 19.9. The minimum Gasteiger partial charge on any atom is -0.286 e. The number of nitrogens with zero attached hydrogens (tertiary/aromatic N) is 2. The molecule has 3 heterocycles. The summed E-state index contributed by atoms with van der Waals surface area (Å²) in [6, 6.07) is 11.3. The molecular formula is C31H38Cl2N2O6S2+2. The standard InChI is InChI=1S/C31H36Cl2N2O6S2/c1-30(2)23-19-21(32)12-14-25(23)34(16-5-6-18-42(36,37)38)27(30)9-7-10-28-31(3,4)24-20-22(33)13-15-26(24)35(28)17-8-11-29(35)43(39,40)41/h7,9-10,12-15,19-20,29H,5-6,8,11,16-18H2,1-4H3/p+2/b9-7?,28-10+. The zero-order valence-electron chi connectivity index (χ0n) is 24.7. The van der Waals surface area contributed by atoms with Gasteiger partial charge in [-0.1, -0.05) is 29.3 Å². The van der Waals surface area contributed by atoms with Gasteiger partial charge in [0.15, 0.2) is 5.71 Å². The van der Waals surface area contributed by atoms with Crippen LogP contribution in [-0.4, -0.2) is 60.4 Å². The number of hydrogen-bond acceptors (Lipinski definition) is 4. The Morgan fingerprint density at radius 3 is 2.26 bits per heavy atom. The minimum absolute atomic E-state index is 0.0383. The normalized spacial score (nSPS) is 25.3. The van der Waals surface area contributed by atoms with Gasteiger partial charge in [-0.05, 0) is 64.5 Å². The third-order valence-corrected chi connectivity index (χ3v) is 11.9. The number of rotatable bonds is 8. The zero-order chi connectivity index (χ0) is 31.6. The Kier molecular flexibility index (Phi) is 8.34. The fraction of sp³-hybridized carbons (Fsp3) is 0.452. The van der Waals surface area contributed by atoms with Gasteiger partial charge in [-0.15, -0.1) is 0 Å². The van der Waals surface area contributed by atoms with Crippen LogP contribution in [0, 0.1) is 0 Å². The molecule has 3 aliphatic rings.